The van der Waals surface area contributed by atoms with Crippen molar-refractivity contribution in [1.82, 2.24) is 4.90 Å². The second kappa shape index (κ2) is 8.60. The van der Waals surface area contributed by atoms with Gasteiger partial charge in [0.2, 0.25) is 0 Å². The van der Waals surface area contributed by atoms with E-state index in [1.165, 1.54) is 24.3 Å². The topological polar surface area (TPSA) is 93.7 Å². The van der Waals surface area contributed by atoms with Crippen LogP contribution in [-0.2, 0) is 11.3 Å². The first-order chi connectivity index (χ1) is 15.2. The molecular weight excluding hydrogens is 459 g/mol. The molecule has 0 N–H and O–H groups in total. The monoisotopic (exact) mass is 472 g/mol. The maximum absolute atomic E-state index is 13.2. The van der Waals surface area contributed by atoms with Crippen LogP contribution in [0.25, 0.3) is 17.4 Å². The van der Waals surface area contributed by atoms with Crippen LogP contribution in [-0.4, -0.2) is 21.0 Å². The van der Waals surface area contributed by atoms with E-state index in [-0.39, 0.29) is 33.7 Å². The fraction of sp³-hybridized carbons (Fsp3) is 0.0909. The summed E-state index contributed by atoms with van der Waals surface area (Å²) in [6, 6.07) is 11.6. The number of furan rings is 1. The van der Waals surface area contributed by atoms with Crippen LogP contribution in [0.15, 0.2) is 57.9 Å². The Labute approximate surface area is 190 Å². The van der Waals surface area contributed by atoms with Crippen molar-refractivity contribution >= 4 is 46.3 Å². The van der Waals surface area contributed by atoms with Crippen LogP contribution in [0.5, 0.6) is 0 Å². The molecule has 1 aliphatic heterocycles. The second-order valence-electron chi connectivity index (χ2n) is 6.98. The standard InChI is InChI=1S/C22H14ClFN2O5S/c1-12-2-6-16(18(8-12)26(29)30)19-7-5-15(31-19)10-20-21(27)25(22(28)32-20)11-13-3-4-14(24)9-17(13)23/h2-10H,11H2,1H3/b20-10+. The summed E-state index contributed by atoms with van der Waals surface area (Å²) in [5.41, 5.74) is 1.38. The Morgan fingerprint density at radius 1 is 1.19 bits per heavy atom. The SMILES string of the molecule is Cc1ccc(-c2ccc(/C=C3/SC(=O)N(Cc4ccc(F)cc4Cl)C3=O)o2)c([N+](=O)[O-])c1. The van der Waals surface area contributed by atoms with Gasteiger partial charge in [0.25, 0.3) is 16.8 Å². The van der Waals surface area contributed by atoms with E-state index in [9.17, 15) is 24.1 Å². The smallest absolute Gasteiger partial charge is 0.293 e. The second-order valence-corrected chi connectivity index (χ2v) is 8.38. The lowest BCUT2D eigenvalue weighted by Crippen LogP contribution is -2.27. The lowest BCUT2D eigenvalue weighted by molar-refractivity contribution is -0.384. The molecule has 1 aromatic heterocycles. The summed E-state index contributed by atoms with van der Waals surface area (Å²) in [6.45, 7) is 1.65. The number of amides is 2. The van der Waals surface area contributed by atoms with E-state index < -0.39 is 21.9 Å². The molecule has 1 aliphatic rings. The highest BCUT2D eigenvalue weighted by Crippen LogP contribution is 2.36. The Morgan fingerprint density at radius 2 is 1.97 bits per heavy atom. The number of carbonyl (C=O) groups excluding carboxylic acids is 2. The van der Waals surface area contributed by atoms with Gasteiger partial charge >= 0.3 is 0 Å². The highest BCUT2D eigenvalue weighted by atomic mass is 35.5. The molecule has 2 amide bonds. The number of benzene rings is 2. The quantitative estimate of drug-likeness (QED) is 0.249. The minimum atomic E-state index is -0.542. The number of rotatable bonds is 5. The molecule has 1 saturated heterocycles. The minimum Gasteiger partial charge on any atom is -0.456 e. The van der Waals surface area contributed by atoms with Crippen LogP contribution in [0.2, 0.25) is 5.02 Å². The maximum atomic E-state index is 13.2. The molecule has 2 aromatic carbocycles. The predicted octanol–water partition coefficient (Wildman–Crippen LogP) is 6.19. The van der Waals surface area contributed by atoms with Crippen molar-refractivity contribution in [2.24, 2.45) is 0 Å². The number of nitro benzene ring substituents is 1. The summed E-state index contributed by atoms with van der Waals surface area (Å²) in [7, 11) is 0. The van der Waals surface area contributed by atoms with Gasteiger partial charge in [-0.3, -0.25) is 24.6 Å². The van der Waals surface area contributed by atoms with Crippen molar-refractivity contribution in [3.63, 3.8) is 0 Å². The number of halogens is 2. The Hall–Kier alpha value is -3.43. The molecule has 0 bridgehead atoms. The highest BCUT2D eigenvalue weighted by molar-refractivity contribution is 8.18. The Morgan fingerprint density at radius 3 is 2.69 bits per heavy atom. The van der Waals surface area contributed by atoms with Gasteiger partial charge in [-0.25, -0.2) is 4.39 Å². The van der Waals surface area contributed by atoms with Crippen molar-refractivity contribution in [1.29, 1.82) is 0 Å². The van der Waals surface area contributed by atoms with Crippen molar-refractivity contribution in [3.05, 3.63) is 91.3 Å². The van der Waals surface area contributed by atoms with Crippen molar-refractivity contribution in [3.8, 4) is 11.3 Å². The van der Waals surface area contributed by atoms with Gasteiger partial charge in [0, 0.05) is 17.2 Å². The summed E-state index contributed by atoms with van der Waals surface area (Å²) in [6.07, 6.45) is 1.40. The first-order valence-corrected chi connectivity index (χ1v) is 10.5. The number of hydrogen-bond acceptors (Lipinski definition) is 6. The highest BCUT2D eigenvalue weighted by Gasteiger charge is 2.35. The van der Waals surface area contributed by atoms with E-state index in [0.29, 0.717) is 11.1 Å². The van der Waals surface area contributed by atoms with Crippen LogP contribution in [0, 0.1) is 22.9 Å². The summed E-state index contributed by atoms with van der Waals surface area (Å²) in [4.78, 5) is 37.1. The number of nitrogens with zero attached hydrogens (tertiary/aromatic N) is 2. The molecular formula is C22H14ClFN2O5S. The molecule has 10 heteroatoms. The molecule has 162 valence electrons. The van der Waals surface area contributed by atoms with Crippen LogP contribution in [0.4, 0.5) is 14.9 Å². The molecule has 0 radical (unpaired) electrons. The molecule has 0 spiro atoms. The third-order valence-electron chi connectivity index (χ3n) is 4.73. The average Bonchev–Trinajstić information content (AvgIpc) is 3.30. The van der Waals surface area contributed by atoms with Gasteiger partial charge in [-0.05, 0) is 60.1 Å². The van der Waals surface area contributed by atoms with E-state index in [0.717, 1.165) is 28.3 Å². The Balaban J connectivity index is 1.58. The molecule has 0 atom stereocenters. The van der Waals surface area contributed by atoms with Gasteiger partial charge in [-0.1, -0.05) is 23.7 Å². The number of thioether (sulfide) groups is 1. The Bertz CT molecular complexity index is 1300. The van der Waals surface area contributed by atoms with Gasteiger partial charge in [-0.15, -0.1) is 0 Å². The normalized spacial score (nSPS) is 15.1. The molecule has 2 heterocycles. The van der Waals surface area contributed by atoms with E-state index in [2.05, 4.69) is 0 Å². The van der Waals surface area contributed by atoms with E-state index in [4.69, 9.17) is 16.0 Å². The average molecular weight is 473 g/mol. The van der Waals surface area contributed by atoms with E-state index >= 15 is 0 Å². The fourth-order valence-corrected chi connectivity index (χ4v) is 4.21. The molecule has 0 saturated carbocycles. The van der Waals surface area contributed by atoms with Crippen molar-refractivity contribution in [2.45, 2.75) is 13.5 Å². The summed E-state index contributed by atoms with van der Waals surface area (Å²) >= 11 is 6.73. The molecule has 0 unspecified atom stereocenters. The molecule has 0 aliphatic carbocycles. The van der Waals surface area contributed by atoms with Gasteiger partial charge in [0.15, 0.2) is 0 Å². The summed E-state index contributed by atoms with van der Waals surface area (Å²) < 4.78 is 18.9. The number of aryl methyl sites for hydroxylation is 1. The molecule has 7 nitrogen and oxygen atoms in total. The summed E-state index contributed by atoms with van der Waals surface area (Å²) in [5.74, 6) is -0.532. The number of hydrogen-bond donors (Lipinski definition) is 0. The van der Waals surface area contributed by atoms with Gasteiger partial charge in [-0.2, -0.15) is 0 Å². The first kappa shape index (κ1) is 21.8. The fourth-order valence-electron chi connectivity index (χ4n) is 3.16. The molecule has 3 aromatic rings. The van der Waals surface area contributed by atoms with Crippen molar-refractivity contribution in [2.75, 3.05) is 0 Å². The van der Waals surface area contributed by atoms with Crippen molar-refractivity contribution < 1.29 is 23.3 Å². The van der Waals surface area contributed by atoms with Gasteiger partial charge in [0.1, 0.15) is 17.3 Å². The summed E-state index contributed by atoms with van der Waals surface area (Å²) in [5, 5.41) is 11.0. The lowest BCUT2D eigenvalue weighted by Gasteiger charge is -2.13. The number of imide groups is 1. The zero-order valence-electron chi connectivity index (χ0n) is 16.5. The lowest BCUT2D eigenvalue weighted by atomic mass is 10.1. The van der Waals surface area contributed by atoms with Crippen LogP contribution in [0.1, 0.15) is 16.9 Å². The number of carbonyl (C=O) groups is 2. The van der Waals surface area contributed by atoms with Crippen LogP contribution >= 0.6 is 23.4 Å². The van der Waals surface area contributed by atoms with E-state index in [1.54, 1.807) is 31.2 Å². The molecule has 4 rings (SSSR count). The maximum Gasteiger partial charge on any atom is 0.293 e. The zero-order valence-corrected chi connectivity index (χ0v) is 18.1. The molecule has 32 heavy (non-hydrogen) atoms. The van der Waals surface area contributed by atoms with Crippen LogP contribution in [0.3, 0.4) is 0 Å². The van der Waals surface area contributed by atoms with Gasteiger partial charge in [0.05, 0.1) is 21.9 Å². The van der Waals surface area contributed by atoms with E-state index in [1.807, 2.05) is 0 Å². The predicted molar refractivity (Wildman–Crippen MR) is 118 cm³/mol. The zero-order chi connectivity index (χ0) is 23.0. The largest absolute Gasteiger partial charge is 0.456 e. The Kier molecular flexibility index (Phi) is 5.86. The first-order valence-electron chi connectivity index (χ1n) is 9.27. The number of nitro groups is 1. The van der Waals surface area contributed by atoms with Gasteiger partial charge < -0.3 is 4.42 Å². The van der Waals surface area contributed by atoms with Crippen LogP contribution < -0.4 is 0 Å². The third-order valence-corrected chi connectivity index (χ3v) is 5.99. The molecule has 1 fully saturated rings. The third kappa shape index (κ3) is 4.30. The minimum absolute atomic E-state index is 0.0950.